The average molecular weight is 509 g/mol. The number of carbonyl (C=O) groups is 3. The zero-order chi connectivity index (χ0) is 26.8. The van der Waals surface area contributed by atoms with Crippen molar-refractivity contribution < 1.29 is 27.6 Å². The Hall–Kier alpha value is -3.04. The second-order valence-electron chi connectivity index (χ2n) is 10.1. The maximum absolute atomic E-state index is 13.8. The average Bonchev–Trinajstić information content (AvgIpc) is 3.12. The Balaban J connectivity index is 2.02. The summed E-state index contributed by atoms with van der Waals surface area (Å²) in [7, 11) is 0. The lowest BCUT2D eigenvalue weighted by Gasteiger charge is -2.33. The summed E-state index contributed by atoms with van der Waals surface area (Å²) in [6, 6.07) is 2.29. The van der Waals surface area contributed by atoms with E-state index in [1.807, 2.05) is 27.7 Å². The first-order chi connectivity index (χ1) is 16.9. The van der Waals surface area contributed by atoms with Gasteiger partial charge in [-0.05, 0) is 43.2 Å². The van der Waals surface area contributed by atoms with Crippen LogP contribution < -0.4 is 10.6 Å². The minimum Gasteiger partial charge on any atom is -0.354 e. The van der Waals surface area contributed by atoms with Crippen LogP contribution in [0.25, 0.3) is 0 Å². The fourth-order valence-electron chi connectivity index (χ4n) is 4.76. The third-order valence-corrected chi connectivity index (χ3v) is 6.54. The van der Waals surface area contributed by atoms with E-state index >= 15 is 0 Å². The molecule has 0 radical (unpaired) electrons. The van der Waals surface area contributed by atoms with E-state index in [4.69, 9.17) is 0 Å². The highest BCUT2D eigenvalue weighted by Crippen LogP contribution is 2.42. The molecule has 2 atom stereocenters. The van der Waals surface area contributed by atoms with Crippen molar-refractivity contribution in [1.82, 2.24) is 20.4 Å². The molecule has 2 aliphatic heterocycles. The molecule has 0 unspecified atom stereocenters. The summed E-state index contributed by atoms with van der Waals surface area (Å²) in [6.07, 6.45) is -3.50. The summed E-state index contributed by atoms with van der Waals surface area (Å²) in [5.74, 6) is -0.358. The minimum absolute atomic E-state index is 0.0188. The number of amides is 4. The highest BCUT2D eigenvalue weighted by Gasteiger charge is 2.48. The van der Waals surface area contributed by atoms with Crippen LogP contribution in [0.5, 0.6) is 0 Å². The molecular weight excluding hydrogens is 473 g/mol. The van der Waals surface area contributed by atoms with Crippen LogP contribution in [0.1, 0.15) is 64.6 Å². The van der Waals surface area contributed by atoms with E-state index in [0.29, 0.717) is 24.6 Å². The molecule has 2 N–H and O–H groups in total. The van der Waals surface area contributed by atoms with Gasteiger partial charge in [-0.25, -0.2) is 4.79 Å². The molecule has 3 rings (SSSR count). The first kappa shape index (κ1) is 27.5. The fourth-order valence-corrected chi connectivity index (χ4v) is 4.76. The third-order valence-electron chi connectivity index (χ3n) is 6.54. The standard InChI is InChI=1S/C26H35F3N4O3/c1-6-32-20-14-33(19(13-16(4)5)23(34)30-12-11-15(2)3)24(35)21(20)22(31-25(32)36)17-9-7-8-10-18(17)26(27,28)29/h7-10,15-16,19,22H,6,11-14H2,1-5H3,(H,30,34)(H,31,36)/t19-,22-/m0/s1. The van der Waals surface area contributed by atoms with Crippen molar-refractivity contribution in [1.29, 1.82) is 0 Å². The van der Waals surface area contributed by atoms with E-state index in [1.165, 1.54) is 28.0 Å². The van der Waals surface area contributed by atoms with Crippen LogP contribution in [0.15, 0.2) is 35.5 Å². The zero-order valence-electron chi connectivity index (χ0n) is 21.4. The van der Waals surface area contributed by atoms with E-state index in [1.54, 1.807) is 6.92 Å². The first-order valence-electron chi connectivity index (χ1n) is 12.4. The summed E-state index contributed by atoms with van der Waals surface area (Å²) >= 11 is 0. The first-order valence-corrected chi connectivity index (χ1v) is 12.4. The van der Waals surface area contributed by atoms with Crippen molar-refractivity contribution in [3.63, 3.8) is 0 Å². The van der Waals surface area contributed by atoms with Crippen molar-refractivity contribution in [3.05, 3.63) is 46.7 Å². The van der Waals surface area contributed by atoms with Crippen molar-refractivity contribution in [3.8, 4) is 0 Å². The smallest absolute Gasteiger partial charge is 0.354 e. The lowest BCUT2D eigenvalue weighted by Crippen LogP contribution is -2.49. The summed E-state index contributed by atoms with van der Waals surface area (Å²) in [5, 5.41) is 5.51. The highest BCUT2D eigenvalue weighted by atomic mass is 19.4. The summed E-state index contributed by atoms with van der Waals surface area (Å²) in [6.45, 7) is 10.4. The second kappa shape index (κ2) is 10.9. The quantitative estimate of drug-likeness (QED) is 0.517. The Kier molecular flexibility index (Phi) is 8.36. The minimum atomic E-state index is -4.66. The van der Waals surface area contributed by atoms with E-state index in [-0.39, 0.29) is 36.1 Å². The molecule has 36 heavy (non-hydrogen) atoms. The number of nitrogens with one attached hydrogen (secondary N) is 2. The number of hydrogen-bond donors (Lipinski definition) is 2. The molecule has 0 saturated carbocycles. The van der Waals surface area contributed by atoms with Crippen LogP contribution in [0, 0.1) is 11.8 Å². The van der Waals surface area contributed by atoms with Gasteiger partial charge >= 0.3 is 12.2 Å². The largest absolute Gasteiger partial charge is 0.416 e. The molecule has 7 nitrogen and oxygen atoms in total. The summed E-state index contributed by atoms with van der Waals surface area (Å²) < 4.78 is 41.5. The molecule has 10 heteroatoms. The van der Waals surface area contributed by atoms with Gasteiger partial charge in [-0.15, -0.1) is 0 Å². The maximum Gasteiger partial charge on any atom is 0.416 e. The van der Waals surface area contributed by atoms with Gasteiger partial charge in [-0.3, -0.25) is 14.5 Å². The van der Waals surface area contributed by atoms with Crippen LogP contribution in [-0.4, -0.2) is 53.3 Å². The Morgan fingerprint density at radius 1 is 1.14 bits per heavy atom. The van der Waals surface area contributed by atoms with Gasteiger partial charge in [-0.2, -0.15) is 13.2 Å². The van der Waals surface area contributed by atoms with Crippen LogP contribution in [0.4, 0.5) is 18.0 Å². The molecule has 0 bridgehead atoms. The Labute approximate surface area is 210 Å². The molecule has 0 aliphatic carbocycles. The number of likely N-dealkylation sites (N-methyl/N-ethyl adjacent to an activating group) is 1. The zero-order valence-corrected chi connectivity index (χ0v) is 21.4. The number of alkyl halides is 3. The van der Waals surface area contributed by atoms with Crippen LogP contribution in [-0.2, 0) is 15.8 Å². The summed E-state index contributed by atoms with van der Waals surface area (Å²) in [5.41, 5.74) is -0.684. The molecular formula is C26H35F3N4O3. The van der Waals surface area contributed by atoms with Gasteiger partial charge in [-0.1, -0.05) is 45.9 Å². The van der Waals surface area contributed by atoms with Gasteiger partial charge in [0.25, 0.3) is 5.91 Å². The number of carbonyl (C=O) groups excluding carboxylic acids is 3. The van der Waals surface area contributed by atoms with E-state index in [9.17, 15) is 27.6 Å². The second-order valence-corrected chi connectivity index (χ2v) is 10.1. The van der Waals surface area contributed by atoms with Crippen LogP contribution >= 0.6 is 0 Å². The van der Waals surface area contributed by atoms with Gasteiger partial charge in [0.15, 0.2) is 0 Å². The molecule has 2 aliphatic rings. The van der Waals surface area contributed by atoms with Crippen molar-refractivity contribution >= 4 is 17.8 Å². The van der Waals surface area contributed by atoms with E-state index < -0.39 is 35.8 Å². The van der Waals surface area contributed by atoms with Crippen molar-refractivity contribution in [2.24, 2.45) is 11.8 Å². The molecule has 0 spiro atoms. The monoisotopic (exact) mass is 508 g/mol. The molecule has 1 aromatic carbocycles. The Morgan fingerprint density at radius 2 is 1.81 bits per heavy atom. The van der Waals surface area contributed by atoms with Gasteiger partial charge in [0.05, 0.1) is 29.4 Å². The van der Waals surface area contributed by atoms with Gasteiger partial charge in [0, 0.05) is 13.1 Å². The third kappa shape index (κ3) is 5.68. The predicted molar refractivity (Wildman–Crippen MR) is 130 cm³/mol. The predicted octanol–water partition coefficient (Wildman–Crippen LogP) is 4.46. The Bertz CT molecular complexity index is 1040. The molecule has 2 heterocycles. The lowest BCUT2D eigenvalue weighted by molar-refractivity contribution is -0.139. The molecule has 4 amide bonds. The number of halogens is 3. The molecule has 1 aromatic rings. The number of nitrogens with zero attached hydrogens (tertiary/aromatic N) is 2. The SMILES string of the molecule is CCN1C(=O)N[C@@H](c2ccccc2C(F)(F)F)C2=C1CN([C@@H](CC(C)C)C(=O)NCCC(C)C)C2=O. The van der Waals surface area contributed by atoms with E-state index in [0.717, 1.165) is 12.5 Å². The van der Waals surface area contributed by atoms with Gasteiger partial charge in [0.2, 0.25) is 5.91 Å². The number of hydrogen-bond acceptors (Lipinski definition) is 3. The molecule has 0 aromatic heterocycles. The fraction of sp³-hybridized carbons (Fsp3) is 0.577. The molecule has 0 saturated heterocycles. The highest BCUT2D eigenvalue weighted by molar-refractivity contribution is 6.03. The number of urea groups is 1. The number of benzene rings is 1. The van der Waals surface area contributed by atoms with Crippen molar-refractivity contribution in [2.75, 3.05) is 19.6 Å². The normalized spacial score (nSPS) is 19.2. The van der Waals surface area contributed by atoms with Crippen LogP contribution in [0.2, 0.25) is 0 Å². The Morgan fingerprint density at radius 3 is 2.39 bits per heavy atom. The summed E-state index contributed by atoms with van der Waals surface area (Å²) in [4.78, 5) is 42.6. The maximum atomic E-state index is 13.8. The van der Waals surface area contributed by atoms with Crippen molar-refractivity contribution in [2.45, 2.75) is 65.7 Å². The van der Waals surface area contributed by atoms with Gasteiger partial charge < -0.3 is 15.5 Å². The van der Waals surface area contributed by atoms with Crippen LogP contribution in [0.3, 0.4) is 0 Å². The van der Waals surface area contributed by atoms with Gasteiger partial charge in [0.1, 0.15) is 6.04 Å². The molecule has 198 valence electrons. The topological polar surface area (TPSA) is 81.8 Å². The lowest BCUT2D eigenvalue weighted by atomic mass is 9.91. The van der Waals surface area contributed by atoms with E-state index in [2.05, 4.69) is 10.6 Å². The molecule has 0 fully saturated rings. The number of rotatable bonds is 9.